The van der Waals surface area contributed by atoms with Crippen molar-refractivity contribution in [2.75, 3.05) is 44.2 Å². The molecule has 12 heteroatoms. The summed E-state index contributed by atoms with van der Waals surface area (Å²) < 4.78 is 14.7. The minimum atomic E-state index is -0.976. The van der Waals surface area contributed by atoms with E-state index in [1.54, 1.807) is 18.2 Å². The van der Waals surface area contributed by atoms with Crippen LogP contribution in [-0.2, 0) is 21.4 Å². The van der Waals surface area contributed by atoms with Crippen molar-refractivity contribution in [3.8, 4) is 16.9 Å². The predicted molar refractivity (Wildman–Crippen MR) is 213 cm³/mol. The molecule has 288 valence electrons. The molecule has 0 aliphatic carbocycles. The second kappa shape index (κ2) is 15.2. The lowest BCUT2D eigenvalue weighted by molar-refractivity contribution is -0.136. The SMILES string of the molecule is Cn1c2ccncc2c2ccc(-c3ccc(N4CC(OC5CCN(CCCCCOc6ccc7c(c6)C(=O)N(C6CCC(=O)NC6=O)C7=O)CC5)C4)cc3)cc21. The van der Waals surface area contributed by atoms with Crippen molar-refractivity contribution in [1.29, 1.82) is 0 Å². The zero-order valence-corrected chi connectivity index (χ0v) is 31.6. The number of nitrogens with zero attached hydrogens (tertiary/aromatic N) is 5. The van der Waals surface area contributed by atoms with Gasteiger partial charge in [0, 0.05) is 74.0 Å². The molecular formula is C44H46N6O6. The number of likely N-dealkylation sites (tertiary alicyclic amines) is 1. The van der Waals surface area contributed by atoms with E-state index in [2.05, 4.69) is 80.2 Å². The van der Waals surface area contributed by atoms with E-state index in [4.69, 9.17) is 9.47 Å². The number of carbonyl (C=O) groups excluding carboxylic acids is 4. The van der Waals surface area contributed by atoms with E-state index in [0.29, 0.717) is 18.5 Å². The zero-order valence-electron chi connectivity index (χ0n) is 31.6. The monoisotopic (exact) mass is 754 g/mol. The molecule has 4 amide bonds. The first kappa shape index (κ1) is 36.1. The second-order valence-electron chi connectivity index (χ2n) is 15.5. The molecule has 56 heavy (non-hydrogen) atoms. The number of benzene rings is 3. The number of amides is 4. The van der Waals surface area contributed by atoms with E-state index < -0.39 is 29.7 Å². The number of piperidine rings is 2. The number of carbonyl (C=O) groups is 4. The standard InChI is InChI=1S/C44H46N6O6/c1-47-38-15-18-45-25-37(38)34-11-7-29(23-40(34)47)28-5-8-30(9-6-28)49-26-33(27-49)56-31-16-20-48(21-17-31)19-3-2-4-22-55-32-10-12-35-36(24-32)44(54)50(43(35)53)39-13-14-41(51)46-42(39)52/h5-12,15,18,23-25,31,33,39H,2-4,13-14,16-17,19-22,26-27H2,1H3,(H,46,51,52). The van der Waals surface area contributed by atoms with Gasteiger partial charge in [-0.05, 0) is 98.7 Å². The molecule has 1 N–H and O–H groups in total. The van der Waals surface area contributed by atoms with Gasteiger partial charge < -0.3 is 23.8 Å². The second-order valence-corrected chi connectivity index (χ2v) is 15.5. The summed E-state index contributed by atoms with van der Waals surface area (Å²) in [4.78, 5) is 60.1. The molecule has 4 aliphatic rings. The van der Waals surface area contributed by atoms with Crippen LogP contribution >= 0.6 is 0 Å². The lowest BCUT2D eigenvalue weighted by atomic mass is 10.0. The van der Waals surface area contributed by atoms with Crippen LogP contribution in [0.1, 0.15) is 65.7 Å². The van der Waals surface area contributed by atoms with Crippen LogP contribution in [0.4, 0.5) is 5.69 Å². The summed E-state index contributed by atoms with van der Waals surface area (Å²) in [6, 6.07) is 21.5. The third-order valence-electron chi connectivity index (χ3n) is 11.9. The Bertz CT molecular complexity index is 2320. The Kier molecular flexibility index (Phi) is 9.76. The highest BCUT2D eigenvalue weighted by atomic mass is 16.5. The first-order valence-corrected chi connectivity index (χ1v) is 19.8. The van der Waals surface area contributed by atoms with Crippen molar-refractivity contribution < 1.29 is 28.7 Å². The van der Waals surface area contributed by atoms with Gasteiger partial charge in [-0.1, -0.05) is 24.3 Å². The van der Waals surface area contributed by atoms with Gasteiger partial charge >= 0.3 is 0 Å². The van der Waals surface area contributed by atoms with Gasteiger partial charge in [-0.25, -0.2) is 0 Å². The number of nitrogens with one attached hydrogen (secondary N) is 1. The van der Waals surface area contributed by atoms with Gasteiger partial charge in [0.05, 0.1) is 35.5 Å². The Morgan fingerprint density at radius 3 is 2.36 bits per heavy atom. The largest absolute Gasteiger partial charge is 0.494 e. The van der Waals surface area contributed by atoms with E-state index in [1.807, 2.05) is 12.4 Å². The highest BCUT2D eigenvalue weighted by molar-refractivity contribution is 6.23. The molecule has 3 saturated heterocycles. The predicted octanol–water partition coefficient (Wildman–Crippen LogP) is 5.71. The van der Waals surface area contributed by atoms with Crippen LogP contribution in [0.3, 0.4) is 0 Å². The molecule has 12 nitrogen and oxygen atoms in total. The van der Waals surface area contributed by atoms with E-state index in [1.165, 1.54) is 38.6 Å². The Labute approximate surface area is 325 Å². The fourth-order valence-corrected chi connectivity index (χ4v) is 8.72. The van der Waals surface area contributed by atoms with Crippen molar-refractivity contribution >= 4 is 51.1 Å². The summed E-state index contributed by atoms with van der Waals surface area (Å²) in [5, 5.41) is 4.63. The Balaban J connectivity index is 0.663. The molecule has 1 atom stereocenters. The van der Waals surface area contributed by atoms with E-state index in [0.717, 1.165) is 69.7 Å². The highest BCUT2D eigenvalue weighted by Gasteiger charge is 2.44. The number of aromatic nitrogens is 2. The number of rotatable bonds is 12. The molecule has 4 aliphatic heterocycles. The number of imide groups is 2. The average molecular weight is 755 g/mol. The summed E-state index contributed by atoms with van der Waals surface area (Å²) >= 11 is 0. The van der Waals surface area contributed by atoms with Gasteiger partial charge in [0.2, 0.25) is 11.8 Å². The van der Waals surface area contributed by atoms with Crippen LogP contribution in [0.2, 0.25) is 0 Å². The number of pyridine rings is 1. The van der Waals surface area contributed by atoms with Crippen molar-refractivity contribution in [3.63, 3.8) is 0 Å². The number of fused-ring (bicyclic) bond motifs is 4. The molecule has 0 saturated carbocycles. The third-order valence-corrected chi connectivity index (χ3v) is 11.9. The van der Waals surface area contributed by atoms with Gasteiger partial charge in [0.15, 0.2) is 0 Å². The summed E-state index contributed by atoms with van der Waals surface area (Å²) in [6.45, 7) is 5.53. The van der Waals surface area contributed by atoms with Crippen molar-refractivity contribution in [2.45, 2.75) is 63.2 Å². The van der Waals surface area contributed by atoms with Gasteiger partial charge in [-0.2, -0.15) is 0 Å². The first-order chi connectivity index (χ1) is 27.3. The lowest BCUT2D eigenvalue weighted by Crippen LogP contribution is -2.54. The number of hydrogen-bond donors (Lipinski definition) is 1. The molecule has 9 rings (SSSR count). The Morgan fingerprint density at radius 1 is 0.768 bits per heavy atom. The molecule has 5 aromatic rings. The van der Waals surface area contributed by atoms with Crippen molar-refractivity contribution in [1.82, 2.24) is 24.7 Å². The molecule has 0 spiro atoms. The Hall–Kier alpha value is -5.59. The van der Waals surface area contributed by atoms with E-state index in [-0.39, 0.29) is 30.1 Å². The maximum atomic E-state index is 13.1. The average Bonchev–Trinajstić information content (AvgIpc) is 3.62. The number of aryl methyl sites for hydroxylation is 1. The van der Waals surface area contributed by atoms with Crippen LogP contribution in [0, 0.1) is 0 Å². The number of anilines is 1. The van der Waals surface area contributed by atoms with Gasteiger partial charge in [0.25, 0.3) is 11.8 Å². The first-order valence-electron chi connectivity index (χ1n) is 19.8. The topological polar surface area (TPSA) is 126 Å². The van der Waals surface area contributed by atoms with Gasteiger partial charge in [-0.3, -0.25) is 34.4 Å². The van der Waals surface area contributed by atoms with Crippen molar-refractivity contribution in [2.24, 2.45) is 7.05 Å². The van der Waals surface area contributed by atoms with Crippen LogP contribution in [0.25, 0.3) is 32.9 Å². The number of hydrogen-bond acceptors (Lipinski definition) is 9. The highest BCUT2D eigenvalue weighted by Crippen LogP contribution is 2.34. The summed E-state index contributed by atoms with van der Waals surface area (Å²) in [5.41, 5.74) is 6.55. The van der Waals surface area contributed by atoms with Crippen LogP contribution in [0.5, 0.6) is 5.75 Å². The fourth-order valence-electron chi connectivity index (χ4n) is 8.72. The van der Waals surface area contributed by atoms with Crippen LogP contribution in [0.15, 0.2) is 79.1 Å². The molecule has 3 aromatic carbocycles. The van der Waals surface area contributed by atoms with E-state index >= 15 is 0 Å². The van der Waals surface area contributed by atoms with Gasteiger partial charge in [0.1, 0.15) is 11.8 Å². The van der Waals surface area contributed by atoms with Crippen molar-refractivity contribution in [3.05, 3.63) is 90.3 Å². The maximum Gasteiger partial charge on any atom is 0.262 e. The lowest BCUT2D eigenvalue weighted by Gasteiger charge is -2.43. The Morgan fingerprint density at radius 2 is 1.55 bits per heavy atom. The molecule has 1 unspecified atom stereocenters. The third kappa shape index (κ3) is 6.92. The van der Waals surface area contributed by atoms with Gasteiger partial charge in [-0.15, -0.1) is 0 Å². The fraction of sp³-hybridized carbons (Fsp3) is 0.386. The van der Waals surface area contributed by atoms with Crippen LogP contribution < -0.4 is 15.0 Å². The van der Waals surface area contributed by atoms with Crippen LogP contribution in [-0.4, -0.2) is 101 Å². The summed E-state index contributed by atoms with van der Waals surface area (Å²) in [6.07, 6.45) is 9.73. The molecule has 2 aromatic heterocycles. The van der Waals surface area contributed by atoms with E-state index in [9.17, 15) is 19.2 Å². The molecule has 3 fully saturated rings. The quantitative estimate of drug-likeness (QED) is 0.126. The summed E-state index contributed by atoms with van der Waals surface area (Å²) in [5.74, 6) is -1.53. The molecule has 6 heterocycles. The maximum absolute atomic E-state index is 13.1. The minimum Gasteiger partial charge on any atom is -0.494 e. The number of ether oxygens (including phenoxy) is 2. The smallest absolute Gasteiger partial charge is 0.262 e. The number of unbranched alkanes of at least 4 members (excludes halogenated alkanes) is 2. The summed E-state index contributed by atoms with van der Waals surface area (Å²) in [7, 11) is 2.12. The zero-order chi connectivity index (χ0) is 38.3. The minimum absolute atomic E-state index is 0.0908. The molecule has 0 bridgehead atoms. The normalized spacial score (nSPS) is 19.6. The molecular weight excluding hydrogens is 709 g/mol. The molecule has 0 radical (unpaired) electrons.